The van der Waals surface area contributed by atoms with E-state index in [4.69, 9.17) is 0 Å². The molecule has 0 radical (unpaired) electrons. The lowest BCUT2D eigenvalue weighted by molar-refractivity contribution is -0.139. The van der Waals surface area contributed by atoms with Gasteiger partial charge in [-0.1, -0.05) is 0 Å². The van der Waals surface area contributed by atoms with E-state index in [2.05, 4.69) is 4.98 Å². The first-order chi connectivity index (χ1) is 10.6. The maximum atomic E-state index is 13.6. The van der Waals surface area contributed by atoms with Gasteiger partial charge in [-0.3, -0.25) is 9.78 Å². The zero-order valence-corrected chi connectivity index (χ0v) is 12.3. The van der Waals surface area contributed by atoms with Crippen molar-refractivity contribution in [1.82, 2.24) is 4.98 Å². The average molecular weight is 299 g/mol. The quantitative estimate of drug-likeness (QED) is 0.907. The maximum Gasteiger partial charge on any atom is 0.307 e. The summed E-state index contributed by atoms with van der Waals surface area (Å²) in [5, 5.41) is 10.1. The molecule has 0 amide bonds. The molecular formula is C18H18FNO2. The molecule has 4 heteroatoms. The van der Waals surface area contributed by atoms with Gasteiger partial charge in [0, 0.05) is 11.6 Å². The van der Waals surface area contributed by atoms with Crippen LogP contribution in [0.4, 0.5) is 4.39 Å². The first kappa shape index (κ1) is 13.7. The summed E-state index contributed by atoms with van der Waals surface area (Å²) in [6.07, 6.45) is 6.53. The van der Waals surface area contributed by atoms with Gasteiger partial charge < -0.3 is 5.11 Å². The highest BCUT2D eigenvalue weighted by molar-refractivity contribution is 5.82. The van der Waals surface area contributed by atoms with Gasteiger partial charge in [0.2, 0.25) is 0 Å². The first-order valence-corrected chi connectivity index (χ1v) is 7.86. The number of aliphatic carboxylic acids is 1. The molecule has 1 spiro atoms. The Kier molecular flexibility index (Phi) is 2.96. The topological polar surface area (TPSA) is 50.2 Å². The number of fused-ring (bicyclic) bond motifs is 1. The normalized spacial score (nSPS) is 30.6. The molecule has 1 N–H and O–H groups in total. The monoisotopic (exact) mass is 299 g/mol. The molecule has 1 aromatic heterocycles. The number of halogens is 1. The van der Waals surface area contributed by atoms with E-state index in [9.17, 15) is 14.3 Å². The molecule has 2 saturated carbocycles. The number of carbonyl (C=O) groups is 1. The summed E-state index contributed by atoms with van der Waals surface area (Å²) in [6.45, 7) is 0. The van der Waals surface area contributed by atoms with Gasteiger partial charge in [0.15, 0.2) is 0 Å². The van der Waals surface area contributed by atoms with E-state index < -0.39 is 5.97 Å². The minimum atomic E-state index is -0.644. The molecule has 1 aromatic carbocycles. The summed E-state index contributed by atoms with van der Waals surface area (Å²) < 4.78 is 13.6. The van der Waals surface area contributed by atoms with E-state index in [0.717, 1.165) is 48.6 Å². The Morgan fingerprint density at radius 2 is 2.05 bits per heavy atom. The van der Waals surface area contributed by atoms with Crippen LogP contribution >= 0.6 is 0 Å². The Morgan fingerprint density at radius 3 is 2.73 bits per heavy atom. The number of hydrogen-bond donors (Lipinski definition) is 1. The molecule has 2 aliphatic rings. The van der Waals surface area contributed by atoms with E-state index in [0.29, 0.717) is 5.92 Å². The number of nitrogens with zero attached hydrogens (tertiary/aromatic N) is 1. The van der Waals surface area contributed by atoms with Crippen molar-refractivity contribution in [1.29, 1.82) is 0 Å². The Bertz CT molecular complexity index is 750. The summed E-state index contributed by atoms with van der Waals surface area (Å²) in [4.78, 5) is 15.5. The number of aromatic nitrogens is 1. The summed E-state index contributed by atoms with van der Waals surface area (Å²) in [5.41, 5.74) is 2.04. The van der Waals surface area contributed by atoms with Gasteiger partial charge in [0.05, 0.1) is 11.4 Å². The third-order valence-electron chi connectivity index (χ3n) is 5.65. The molecule has 2 aliphatic carbocycles. The molecule has 2 aromatic rings. The number of pyridine rings is 1. The van der Waals surface area contributed by atoms with Gasteiger partial charge in [0.1, 0.15) is 5.82 Å². The van der Waals surface area contributed by atoms with E-state index in [1.54, 1.807) is 18.3 Å². The van der Waals surface area contributed by atoms with Gasteiger partial charge in [-0.25, -0.2) is 4.39 Å². The van der Waals surface area contributed by atoms with E-state index in [1.807, 2.05) is 6.07 Å². The molecule has 1 atom stereocenters. The van der Waals surface area contributed by atoms with Crippen molar-refractivity contribution in [2.75, 3.05) is 0 Å². The largest absolute Gasteiger partial charge is 0.481 e. The number of rotatable bonds is 2. The van der Waals surface area contributed by atoms with Crippen LogP contribution in [0.15, 0.2) is 30.5 Å². The van der Waals surface area contributed by atoms with Gasteiger partial charge in [0.25, 0.3) is 0 Å². The van der Waals surface area contributed by atoms with Crippen LogP contribution < -0.4 is 0 Å². The van der Waals surface area contributed by atoms with Crippen molar-refractivity contribution in [3.8, 4) is 0 Å². The molecular weight excluding hydrogens is 281 g/mol. The Labute approximate surface area is 128 Å². The smallest absolute Gasteiger partial charge is 0.307 e. The molecule has 4 rings (SSSR count). The summed E-state index contributed by atoms with van der Waals surface area (Å²) in [7, 11) is 0. The Hall–Kier alpha value is -1.97. The number of hydrogen-bond acceptors (Lipinski definition) is 2. The van der Waals surface area contributed by atoms with Gasteiger partial charge in [-0.15, -0.1) is 0 Å². The molecule has 114 valence electrons. The molecule has 2 fully saturated rings. The minimum Gasteiger partial charge on any atom is -0.481 e. The number of carboxylic acids is 1. The van der Waals surface area contributed by atoms with Crippen LogP contribution in [0.5, 0.6) is 0 Å². The van der Waals surface area contributed by atoms with Crippen molar-refractivity contribution in [3.05, 3.63) is 41.8 Å². The van der Waals surface area contributed by atoms with E-state index >= 15 is 0 Å². The lowest BCUT2D eigenvalue weighted by Crippen LogP contribution is -2.18. The second kappa shape index (κ2) is 4.77. The molecule has 0 saturated heterocycles. The van der Waals surface area contributed by atoms with E-state index in [-0.39, 0.29) is 17.2 Å². The van der Waals surface area contributed by atoms with Crippen LogP contribution in [0, 0.1) is 17.2 Å². The highest BCUT2D eigenvalue weighted by atomic mass is 19.1. The second-order valence-electron chi connectivity index (χ2n) is 6.79. The summed E-state index contributed by atoms with van der Waals surface area (Å²) in [5.74, 6) is -0.634. The maximum absolute atomic E-state index is 13.6. The van der Waals surface area contributed by atoms with Crippen LogP contribution in [0.25, 0.3) is 10.9 Å². The third-order valence-corrected chi connectivity index (χ3v) is 5.65. The Balaban J connectivity index is 1.60. The fourth-order valence-corrected chi connectivity index (χ4v) is 4.25. The highest BCUT2D eigenvalue weighted by Gasteiger charge is 2.58. The first-order valence-electron chi connectivity index (χ1n) is 7.86. The molecule has 3 nitrogen and oxygen atoms in total. The van der Waals surface area contributed by atoms with Gasteiger partial charge >= 0.3 is 5.97 Å². The van der Waals surface area contributed by atoms with Crippen LogP contribution in [0.3, 0.4) is 0 Å². The fourth-order valence-electron chi connectivity index (χ4n) is 4.25. The fraction of sp³-hybridized carbons (Fsp3) is 0.444. The lowest BCUT2D eigenvalue weighted by atomic mass is 9.75. The van der Waals surface area contributed by atoms with Crippen LogP contribution in [-0.4, -0.2) is 16.1 Å². The molecule has 22 heavy (non-hydrogen) atoms. The predicted molar refractivity (Wildman–Crippen MR) is 81.1 cm³/mol. The standard InChI is InChI=1S/C18H18FNO2/c19-12-1-2-16-14(9-12)13(5-8-20-16)11-3-6-18(7-4-11)10-15(18)17(21)22/h1-2,5,8-9,11,15H,3-4,6-7,10H2,(H,21,22)/t11?,15-,18?/m1/s1. The summed E-state index contributed by atoms with van der Waals surface area (Å²) >= 11 is 0. The van der Waals surface area contributed by atoms with Crippen LogP contribution in [0.2, 0.25) is 0 Å². The zero-order chi connectivity index (χ0) is 15.3. The molecule has 0 unspecified atom stereocenters. The van der Waals surface area contributed by atoms with Crippen molar-refractivity contribution in [2.45, 2.75) is 38.0 Å². The zero-order valence-electron chi connectivity index (χ0n) is 12.3. The minimum absolute atomic E-state index is 0.0520. The van der Waals surface area contributed by atoms with Gasteiger partial charge in [-0.2, -0.15) is 0 Å². The predicted octanol–water partition coefficient (Wildman–Crippen LogP) is 4.12. The highest BCUT2D eigenvalue weighted by Crippen LogP contribution is 2.63. The lowest BCUT2D eigenvalue weighted by Gasteiger charge is -2.30. The average Bonchev–Trinajstić information content (AvgIpc) is 3.22. The molecule has 0 bridgehead atoms. The molecule has 0 aliphatic heterocycles. The van der Waals surface area contributed by atoms with E-state index in [1.165, 1.54) is 6.07 Å². The van der Waals surface area contributed by atoms with Crippen molar-refractivity contribution >= 4 is 16.9 Å². The third kappa shape index (κ3) is 2.09. The van der Waals surface area contributed by atoms with Crippen LogP contribution in [0.1, 0.15) is 43.6 Å². The van der Waals surface area contributed by atoms with Crippen LogP contribution in [-0.2, 0) is 4.79 Å². The van der Waals surface area contributed by atoms with Crippen molar-refractivity contribution in [3.63, 3.8) is 0 Å². The SMILES string of the molecule is O=C(O)[C@H]1CC12CCC(c1ccnc3ccc(F)cc13)CC2. The molecule has 1 heterocycles. The van der Waals surface area contributed by atoms with Crippen molar-refractivity contribution < 1.29 is 14.3 Å². The van der Waals surface area contributed by atoms with Crippen molar-refractivity contribution in [2.24, 2.45) is 11.3 Å². The number of carboxylic acid groups (broad SMARTS) is 1. The van der Waals surface area contributed by atoms with Gasteiger partial charge in [-0.05, 0) is 73.3 Å². The second-order valence-corrected chi connectivity index (χ2v) is 6.79. The Morgan fingerprint density at radius 1 is 1.27 bits per heavy atom. The number of benzene rings is 1. The summed E-state index contributed by atoms with van der Waals surface area (Å²) in [6, 6.07) is 6.72.